The number of likely N-dealkylation sites (tertiary alicyclic amines) is 1. The summed E-state index contributed by atoms with van der Waals surface area (Å²) >= 11 is 0. The van der Waals surface area contributed by atoms with Gasteiger partial charge in [0.05, 0.1) is 17.1 Å². The van der Waals surface area contributed by atoms with Gasteiger partial charge in [-0.15, -0.1) is 0 Å². The van der Waals surface area contributed by atoms with Crippen LogP contribution in [0.1, 0.15) is 40.0 Å². The molecule has 27 heavy (non-hydrogen) atoms. The van der Waals surface area contributed by atoms with Crippen molar-refractivity contribution >= 4 is 16.1 Å². The predicted octanol–water partition coefficient (Wildman–Crippen LogP) is 2.52. The Morgan fingerprint density at radius 3 is 2.44 bits per heavy atom. The zero-order valence-corrected chi connectivity index (χ0v) is 16.9. The standard InChI is InChI=1S/C19H28N2O5S/c1-18(2,3)26-17(22)21-11-9-19(10-12-21)13-15(14-25-19)20-27(23,24)16-7-5-4-6-8-16/h4-8,15,20H,9-14H2,1-3H3/t15-/m0/s1. The lowest BCUT2D eigenvalue weighted by Gasteiger charge is -2.39. The van der Waals surface area contributed by atoms with Gasteiger partial charge < -0.3 is 14.4 Å². The van der Waals surface area contributed by atoms with Gasteiger partial charge >= 0.3 is 6.09 Å². The van der Waals surface area contributed by atoms with Gasteiger partial charge in [-0.1, -0.05) is 18.2 Å². The van der Waals surface area contributed by atoms with Gasteiger partial charge in [0, 0.05) is 19.1 Å². The third-order valence-electron chi connectivity index (χ3n) is 4.91. The van der Waals surface area contributed by atoms with Crippen LogP contribution < -0.4 is 4.72 Å². The van der Waals surface area contributed by atoms with Crippen LogP contribution in [0.2, 0.25) is 0 Å². The number of carbonyl (C=O) groups is 1. The van der Waals surface area contributed by atoms with Crippen molar-refractivity contribution in [2.24, 2.45) is 0 Å². The summed E-state index contributed by atoms with van der Waals surface area (Å²) in [5.74, 6) is 0. The summed E-state index contributed by atoms with van der Waals surface area (Å²) in [5, 5.41) is 0. The molecule has 8 heteroatoms. The molecule has 0 aromatic heterocycles. The minimum atomic E-state index is -3.56. The molecule has 0 saturated carbocycles. The second-order valence-electron chi connectivity index (χ2n) is 8.30. The molecule has 7 nitrogen and oxygen atoms in total. The number of rotatable bonds is 3. The van der Waals surface area contributed by atoms with Crippen molar-refractivity contribution in [2.75, 3.05) is 19.7 Å². The zero-order chi connectivity index (χ0) is 19.7. The van der Waals surface area contributed by atoms with Crippen molar-refractivity contribution in [1.29, 1.82) is 0 Å². The van der Waals surface area contributed by atoms with E-state index >= 15 is 0 Å². The molecule has 2 aliphatic heterocycles. The van der Waals surface area contributed by atoms with E-state index in [-0.39, 0.29) is 22.6 Å². The number of nitrogens with zero attached hydrogens (tertiary/aromatic N) is 1. The Kier molecular flexibility index (Phi) is 5.52. The lowest BCUT2D eigenvalue weighted by atomic mass is 9.88. The molecule has 0 unspecified atom stereocenters. The van der Waals surface area contributed by atoms with Gasteiger partial charge in [-0.3, -0.25) is 0 Å². The first-order valence-corrected chi connectivity index (χ1v) is 10.8. The minimum absolute atomic E-state index is 0.255. The van der Waals surface area contributed by atoms with Crippen LogP contribution in [0.15, 0.2) is 35.2 Å². The van der Waals surface area contributed by atoms with Crippen molar-refractivity contribution in [3.8, 4) is 0 Å². The second kappa shape index (κ2) is 7.41. The number of nitrogens with one attached hydrogen (secondary N) is 1. The summed E-state index contributed by atoms with van der Waals surface area (Å²) in [7, 11) is -3.56. The molecule has 2 saturated heterocycles. The van der Waals surface area contributed by atoms with Crippen LogP contribution in [0, 0.1) is 0 Å². The maximum absolute atomic E-state index is 12.5. The number of carbonyl (C=O) groups excluding carboxylic acids is 1. The fourth-order valence-electron chi connectivity index (χ4n) is 3.58. The van der Waals surface area contributed by atoms with E-state index in [2.05, 4.69) is 4.72 Å². The molecule has 0 aliphatic carbocycles. The number of hydrogen-bond donors (Lipinski definition) is 1. The number of sulfonamides is 1. The van der Waals surface area contributed by atoms with Crippen LogP contribution in [0.4, 0.5) is 4.79 Å². The fourth-order valence-corrected chi connectivity index (χ4v) is 4.82. The highest BCUT2D eigenvalue weighted by Crippen LogP contribution is 2.36. The van der Waals surface area contributed by atoms with Crippen LogP contribution >= 0.6 is 0 Å². The molecular formula is C19H28N2O5S. The molecule has 150 valence electrons. The molecule has 2 heterocycles. The highest BCUT2D eigenvalue weighted by Gasteiger charge is 2.44. The van der Waals surface area contributed by atoms with Gasteiger partial charge in [-0.25, -0.2) is 17.9 Å². The topological polar surface area (TPSA) is 84.9 Å². The molecule has 1 aromatic rings. The lowest BCUT2D eigenvalue weighted by molar-refractivity contribution is -0.0485. The van der Waals surface area contributed by atoms with Gasteiger partial charge in [0.2, 0.25) is 10.0 Å². The summed E-state index contributed by atoms with van der Waals surface area (Å²) in [4.78, 5) is 14.1. The number of amides is 1. The molecule has 0 bridgehead atoms. The smallest absolute Gasteiger partial charge is 0.410 e. The van der Waals surface area contributed by atoms with E-state index in [9.17, 15) is 13.2 Å². The third kappa shape index (κ3) is 5.00. The van der Waals surface area contributed by atoms with Crippen molar-refractivity contribution in [3.63, 3.8) is 0 Å². The number of benzene rings is 1. The maximum atomic E-state index is 12.5. The lowest BCUT2D eigenvalue weighted by Crippen LogP contribution is -2.48. The molecule has 0 radical (unpaired) electrons. The van der Waals surface area contributed by atoms with Crippen molar-refractivity contribution in [1.82, 2.24) is 9.62 Å². The van der Waals surface area contributed by atoms with Crippen LogP contribution in [0.25, 0.3) is 0 Å². The summed E-state index contributed by atoms with van der Waals surface area (Å²) in [6.45, 7) is 6.98. The number of piperidine rings is 1. The van der Waals surface area contributed by atoms with Crippen LogP contribution in [-0.2, 0) is 19.5 Å². The minimum Gasteiger partial charge on any atom is -0.444 e. The van der Waals surface area contributed by atoms with Gasteiger partial charge in [0.15, 0.2) is 0 Å². The molecule has 1 aromatic carbocycles. The largest absolute Gasteiger partial charge is 0.444 e. The van der Waals surface area contributed by atoms with Gasteiger partial charge in [-0.2, -0.15) is 0 Å². The number of hydrogen-bond acceptors (Lipinski definition) is 5. The van der Waals surface area contributed by atoms with E-state index in [1.807, 2.05) is 20.8 Å². The highest BCUT2D eigenvalue weighted by molar-refractivity contribution is 7.89. The van der Waals surface area contributed by atoms with Crippen molar-refractivity contribution in [2.45, 2.75) is 62.2 Å². The Morgan fingerprint density at radius 2 is 1.85 bits per heavy atom. The molecule has 2 aliphatic rings. The van der Waals surface area contributed by atoms with Gasteiger partial charge in [0.1, 0.15) is 5.60 Å². The third-order valence-corrected chi connectivity index (χ3v) is 6.45. The summed E-state index contributed by atoms with van der Waals surface area (Å²) in [6.07, 6.45) is 1.66. The van der Waals surface area contributed by atoms with E-state index in [1.54, 1.807) is 35.2 Å². The Hall–Kier alpha value is -1.64. The second-order valence-corrected chi connectivity index (χ2v) is 10.0. The Bertz CT molecular complexity index is 765. The molecule has 2 fully saturated rings. The van der Waals surface area contributed by atoms with Crippen LogP contribution in [0.3, 0.4) is 0 Å². The molecule has 1 atom stereocenters. The van der Waals surface area contributed by atoms with E-state index in [4.69, 9.17) is 9.47 Å². The fraction of sp³-hybridized carbons (Fsp3) is 0.632. The van der Waals surface area contributed by atoms with Gasteiger partial charge in [0.25, 0.3) is 0 Å². The molecular weight excluding hydrogens is 368 g/mol. The molecule has 1 spiro atoms. The average molecular weight is 397 g/mol. The Labute approximate surface area is 161 Å². The molecule has 1 N–H and O–H groups in total. The van der Waals surface area contributed by atoms with E-state index in [0.29, 0.717) is 39.0 Å². The van der Waals surface area contributed by atoms with E-state index in [1.165, 1.54) is 0 Å². The zero-order valence-electron chi connectivity index (χ0n) is 16.1. The summed E-state index contributed by atoms with van der Waals surface area (Å²) in [6, 6.07) is 8.08. The quantitative estimate of drug-likeness (QED) is 0.849. The maximum Gasteiger partial charge on any atom is 0.410 e. The van der Waals surface area contributed by atoms with Crippen LogP contribution in [-0.4, -0.2) is 56.4 Å². The summed E-state index contributed by atoms with van der Waals surface area (Å²) in [5.41, 5.74) is -0.890. The van der Waals surface area contributed by atoms with Gasteiger partial charge in [-0.05, 0) is 52.2 Å². The van der Waals surface area contributed by atoms with Crippen molar-refractivity contribution in [3.05, 3.63) is 30.3 Å². The SMILES string of the molecule is CC(C)(C)OC(=O)N1CCC2(CC1)C[C@H](NS(=O)(=O)c1ccccc1)CO2. The first-order valence-electron chi connectivity index (χ1n) is 9.28. The first-order chi connectivity index (χ1) is 12.6. The first kappa shape index (κ1) is 20.1. The summed E-state index contributed by atoms with van der Waals surface area (Å²) < 4.78 is 39.2. The normalized spacial score (nSPS) is 22.8. The molecule has 1 amide bonds. The molecule has 3 rings (SSSR count). The van der Waals surface area contributed by atoms with E-state index < -0.39 is 15.6 Å². The number of ether oxygens (including phenoxy) is 2. The van der Waals surface area contributed by atoms with Crippen molar-refractivity contribution < 1.29 is 22.7 Å². The highest BCUT2D eigenvalue weighted by atomic mass is 32.2. The monoisotopic (exact) mass is 396 g/mol. The Morgan fingerprint density at radius 1 is 1.22 bits per heavy atom. The Balaban J connectivity index is 1.55. The predicted molar refractivity (Wildman–Crippen MR) is 101 cm³/mol. The van der Waals surface area contributed by atoms with E-state index in [0.717, 1.165) is 0 Å². The average Bonchev–Trinajstić information content (AvgIpc) is 2.96. The van der Waals surface area contributed by atoms with Crippen LogP contribution in [0.5, 0.6) is 0 Å².